The first kappa shape index (κ1) is 10.0. The van der Waals surface area contributed by atoms with Crippen molar-refractivity contribution in [3.8, 4) is 0 Å². The molecular formula is C11H22O. The lowest BCUT2D eigenvalue weighted by molar-refractivity contribution is -0.0141. The van der Waals surface area contributed by atoms with E-state index in [1.807, 2.05) is 0 Å². The molecular weight excluding hydrogens is 148 g/mol. The lowest BCUT2D eigenvalue weighted by Crippen LogP contribution is -2.38. The Balaban J connectivity index is 2.25. The second-order valence-electron chi connectivity index (χ2n) is 4.97. The summed E-state index contributed by atoms with van der Waals surface area (Å²) in [7, 11) is 0. The lowest BCUT2D eigenvalue weighted by atomic mass is 9.66. The van der Waals surface area contributed by atoms with Crippen molar-refractivity contribution in [2.75, 3.05) is 0 Å². The Bertz CT molecular complexity index is 134. The Morgan fingerprint density at radius 2 is 1.50 bits per heavy atom. The zero-order chi connectivity index (χ0) is 9.30. The van der Waals surface area contributed by atoms with Gasteiger partial charge in [-0.3, -0.25) is 0 Å². The molecule has 0 saturated heterocycles. The maximum Gasteiger partial charge on any atom is 0.0591 e. The fraction of sp³-hybridized carbons (Fsp3) is 1.00. The molecule has 1 N–H and O–H groups in total. The van der Waals surface area contributed by atoms with Crippen LogP contribution in [0.25, 0.3) is 0 Å². The average Bonchev–Trinajstić information content (AvgIpc) is 1.82. The summed E-state index contributed by atoms with van der Waals surface area (Å²) in [6, 6.07) is 0. The van der Waals surface area contributed by atoms with Crippen molar-refractivity contribution in [2.45, 2.75) is 46.6 Å². The molecule has 0 amide bonds. The van der Waals surface area contributed by atoms with Crippen LogP contribution < -0.4 is 0 Å². The van der Waals surface area contributed by atoms with E-state index in [1.165, 1.54) is 12.8 Å². The average molecular weight is 170 g/mol. The molecule has 0 heterocycles. The summed E-state index contributed by atoms with van der Waals surface area (Å²) in [6.45, 7) is 8.77. The van der Waals surface area contributed by atoms with Crippen molar-refractivity contribution < 1.29 is 5.11 Å². The van der Waals surface area contributed by atoms with E-state index in [-0.39, 0.29) is 6.10 Å². The standard InChI is InChI=1S/C11H22O/c1-7(2)9-5-10(6-9)11(12)8(3)4/h7-12H,5-6H2,1-4H3. The first-order chi connectivity index (χ1) is 5.52. The van der Waals surface area contributed by atoms with Gasteiger partial charge in [-0.05, 0) is 36.5 Å². The topological polar surface area (TPSA) is 20.2 Å². The molecule has 1 atom stereocenters. The fourth-order valence-electron chi connectivity index (χ4n) is 2.08. The van der Waals surface area contributed by atoms with Gasteiger partial charge in [-0.25, -0.2) is 0 Å². The fourth-order valence-corrected chi connectivity index (χ4v) is 2.08. The van der Waals surface area contributed by atoms with Gasteiger partial charge in [0, 0.05) is 0 Å². The van der Waals surface area contributed by atoms with Crippen molar-refractivity contribution in [1.82, 2.24) is 0 Å². The van der Waals surface area contributed by atoms with Gasteiger partial charge < -0.3 is 5.11 Å². The normalized spacial score (nSPS) is 32.2. The number of aliphatic hydroxyl groups is 1. The molecule has 1 aliphatic rings. The molecule has 0 bridgehead atoms. The van der Waals surface area contributed by atoms with Gasteiger partial charge in [0.2, 0.25) is 0 Å². The number of hydrogen-bond acceptors (Lipinski definition) is 1. The van der Waals surface area contributed by atoms with E-state index >= 15 is 0 Å². The second kappa shape index (κ2) is 3.78. The molecule has 1 rings (SSSR count). The molecule has 1 aliphatic carbocycles. The van der Waals surface area contributed by atoms with Crippen LogP contribution in [0, 0.1) is 23.7 Å². The number of hydrogen-bond donors (Lipinski definition) is 1. The second-order valence-corrected chi connectivity index (χ2v) is 4.97. The van der Waals surface area contributed by atoms with Crippen molar-refractivity contribution in [3.05, 3.63) is 0 Å². The van der Waals surface area contributed by atoms with E-state index in [4.69, 9.17) is 0 Å². The van der Waals surface area contributed by atoms with Gasteiger partial charge in [0.05, 0.1) is 6.10 Å². The third-order valence-electron chi connectivity index (χ3n) is 3.32. The zero-order valence-corrected chi connectivity index (χ0v) is 8.75. The molecule has 72 valence electrons. The highest BCUT2D eigenvalue weighted by Gasteiger charge is 2.36. The van der Waals surface area contributed by atoms with Crippen LogP contribution in [0.15, 0.2) is 0 Å². The van der Waals surface area contributed by atoms with Crippen LogP contribution in [0.5, 0.6) is 0 Å². The summed E-state index contributed by atoms with van der Waals surface area (Å²) in [5, 5.41) is 9.75. The van der Waals surface area contributed by atoms with Gasteiger partial charge in [-0.2, -0.15) is 0 Å². The van der Waals surface area contributed by atoms with Crippen molar-refractivity contribution in [3.63, 3.8) is 0 Å². The van der Waals surface area contributed by atoms with Crippen molar-refractivity contribution in [2.24, 2.45) is 23.7 Å². The Morgan fingerprint density at radius 3 is 1.83 bits per heavy atom. The molecule has 0 radical (unpaired) electrons. The lowest BCUT2D eigenvalue weighted by Gasteiger charge is -2.42. The molecule has 0 aromatic heterocycles. The molecule has 0 aliphatic heterocycles. The first-order valence-electron chi connectivity index (χ1n) is 5.20. The Hall–Kier alpha value is -0.0400. The summed E-state index contributed by atoms with van der Waals surface area (Å²) in [6.07, 6.45) is 2.44. The van der Waals surface area contributed by atoms with Crippen molar-refractivity contribution >= 4 is 0 Å². The summed E-state index contributed by atoms with van der Waals surface area (Å²) in [4.78, 5) is 0. The van der Waals surface area contributed by atoms with Gasteiger partial charge in [0.25, 0.3) is 0 Å². The maximum absolute atomic E-state index is 9.75. The predicted molar refractivity (Wildman–Crippen MR) is 51.9 cm³/mol. The molecule has 0 aromatic carbocycles. The van der Waals surface area contributed by atoms with Gasteiger partial charge in [-0.1, -0.05) is 27.7 Å². The van der Waals surface area contributed by atoms with E-state index < -0.39 is 0 Å². The monoisotopic (exact) mass is 170 g/mol. The zero-order valence-electron chi connectivity index (χ0n) is 8.75. The van der Waals surface area contributed by atoms with Crippen LogP contribution in [0.2, 0.25) is 0 Å². The number of rotatable bonds is 3. The number of aliphatic hydroxyl groups excluding tert-OH is 1. The smallest absolute Gasteiger partial charge is 0.0591 e. The SMILES string of the molecule is CC(C)C1CC(C(O)C(C)C)C1. The summed E-state index contributed by atoms with van der Waals surface area (Å²) in [5.41, 5.74) is 0. The summed E-state index contributed by atoms with van der Waals surface area (Å²) < 4.78 is 0. The molecule has 1 unspecified atom stereocenters. The van der Waals surface area contributed by atoms with Crippen LogP contribution in [-0.2, 0) is 0 Å². The van der Waals surface area contributed by atoms with Gasteiger partial charge in [0.15, 0.2) is 0 Å². The highest BCUT2D eigenvalue weighted by atomic mass is 16.3. The Morgan fingerprint density at radius 1 is 1.00 bits per heavy atom. The predicted octanol–water partition coefficient (Wildman–Crippen LogP) is 2.69. The summed E-state index contributed by atoms with van der Waals surface area (Å²) >= 11 is 0. The highest BCUT2D eigenvalue weighted by molar-refractivity contribution is 4.86. The molecule has 1 heteroatoms. The quantitative estimate of drug-likeness (QED) is 0.690. The third kappa shape index (κ3) is 2.01. The highest BCUT2D eigenvalue weighted by Crippen LogP contribution is 2.41. The van der Waals surface area contributed by atoms with E-state index in [0.717, 1.165) is 11.8 Å². The van der Waals surface area contributed by atoms with Crippen LogP contribution >= 0.6 is 0 Å². The molecule has 12 heavy (non-hydrogen) atoms. The van der Waals surface area contributed by atoms with Gasteiger partial charge in [0.1, 0.15) is 0 Å². The van der Waals surface area contributed by atoms with E-state index in [1.54, 1.807) is 0 Å². The minimum atomic E-state index is -0.0556. The van der Waals surface area contributed by atoms with E-state index in [9.17, 15) is 5.11 Å². The van der Waals surface area contributed by atoms with Crippen LogP contribution in [0.1, 0.15) is 40.5 Å². The van der Waals surface area contributed by atoms with Crippen LogP contribution in [-0.4, -0.2) is 11.2 Å². The van der Waals surface area contributed by atoms with Crippen LogP contribution in [0.3, 0.4) is 0 Å². The molecule has 0 aromatic rings. The molecule has 0 spiro atoms. The minimum Gasteiger partial charge on any atom is -0.393 e. The van der Waals surface area contributed by atoms with Gasteiger partial charge in [-0.15, -0.1) is 0 Å². The third-order valence-corrected chi connectivity index (χ3v) is 3.32. The Kier molecular flexibility index (Phi) is 3.16. The molecule has 1 fully saturated rings. The molecule has 1 nitrogen and oxygen atoms in total. The van der Waals surface area contributed by atoms with Crippen LogP contribution in [0.4, 0.5) is 0 Å². The van der Waals surface area contributed by atoms with Crippen molar-refractivity contribution in [1.29, 1.82) is 0 Å². The van der Waals surface area contributed by atoms with E-state index in [0.29, 0.717) is 11.8 Å². The Labute approximate surface area is 76.2 Å². The maximum atomic E-state index is 9.75. The van der Waals surface area contributed by atoms with E-state index in [2.05, 4.69) is 27.7 Å². The first-order valence-corrected chi connectivity index (χ1v) is 5.20. The summed E-state index contributed by atoms with van der Waals surface area (Å²) in [5.74, 6) is 2.71. The minimum absolute atomic E-state index is 0.0556. The molecule has 1 saturated carbocycles. The van der Waals surface area contributed by atoms with Gasteiger partial charge >= 0.3 is 0 Å². The largest absolute Gasteiger partial charge is 0.393 e.